The third-order valence-electron chi connectivity index (χ3n) is 4.22. The second kappa shape index (κ2) is 9.60. The second-order valence-corrected chi connectivity index (χ2v) is 7.26. The number of nitrogens with one attached hydrogen (secondary N) is 1. The molecule has 0 spiro atoms. The minimum Gasteiger partial charge on any atom is -1.00 e. The maximum atomic E-state index is 12.5. The number of hydrogen-bond donors (Lipinski definition) is 2. The Balaban J connectivity index is 0.00000210. The van der Waals surface area contributed by atoms with Gasteiger partial charge < -0.3 is 16.6 Å². The maximum absolute atomic E-state index is 12.5. The van der Waals surface area contributed by atoms with Crippen molar-refractivity contribution in [3.8, 4) is 0 Å². The zero-order valence-electron chi connectivity index (χ0n) is 16.5. The van der Waals surface area contributed by atoms with Crippen molar-refractivity contribution in [2.75, 3.05) is 12.4 Å². The van der Waals surface area contributed by atoms with Crippen LogP contribution in [0.15, 0.2) is 41.6 Å². The van der Waals surface area contributed by atoms with Crippen LogP contribution in [-0.2, 0) is 30.3 Å². The van der Waals surface area contributed by atoms with E-state index in [9.17, 15) is 24.3 Å². The molecule has 1 aromatic rings. The normalized spacial score (nSPS) is 20.5. The number of aliphatic carboxylic acids is 1. The van der Waals surface area contributed by atoms with Gasteiger partial charge in [-0.1, -0.05) is 30.3 Å². The summed E-state index contributed by atoms with van der Waals surface area (Å²) in [7, 11) is 0. The number of esters is 1. The van der Waals surface area contributed by atoms with Crippen molar-refractivity contribution >= 4 is 35.5 Å². The van der Waals surface area contributed by atoms with E-state index in [1.165, 1.54) is 18.7 Å². The van der Waals surface area contributed by atoms with E-state index in [4.69, 9.17) is 4.74 Å². The van der Waals surface area contributed by atoms with Gasteiger partial charge in [-0.25, -0.2) is 4.79 Å². The maximum Gasteiger partial charge on any atom is 1.00 e. The molecular weight excluding hydrogens is 395 g/mol. The number of fused-ring (bicyclic) bond motifs is 1. The number of carboxylic acid groups (broad SMARTS) is 1. The van der Waals surface area contributed by atoms with E-state index in [1.807, 2.05) is 30.3 Å². The average molecular weight is 414 g/mol. The van der Waals surface area contributed by atoms with Gasteiger partial charge in [0, 0.05) is 18.2 Å². The molecule has 2 heterocycles. The van der Waals surface area contributed by atoms with Gasteiger partial charge >= 0.3 is 41.5 Å². The van der Waals surface area contributed by atoms with Gasteiger partial charge in [0.1, 0.15) is 23.7 Å². The van der Waals surface area contributed by atoms with Crippen molar-refractivity contribution < 1.29 is 60.0 Å². The van der Waals surface area contributed by atoms with Crippen LogP contribution in [0.1, 0.15) is 13.9 Å². The molecule has 0 saturated carbocycles. The molecule has 2 aliphatic rings. The largest absolute Gasteiger partial charge is 1.00 e. The fourth-order valence-electron chi connectivity index (χ4n) is 2.99. The number of nitrogens with zero attached hydrogens (tertiary/aromatic N) is 1. The van der Waals surface area contributed by atoms with Crippen LogP contribution < -0.4 is 34.9 Å². The van der Waals surface area contributed by atoms with Gasteiger partial charge in [0.25, 0.3) is 5.91 Å². The number of carbonyl (C=O) groups is 4. The van der Waals surface area contributed by atoms with Crippen molar-refractivity contribution in [1.82, 2.24) is 10.2 Å². The fourth-order valence-corrected chi connectivity index (χ4v) is 4.32. The smallest absolute Gasteiger partial charge is 1.00 e. The Morgan fingerprint density at radius 2 is 2.00 bits per heavy atom. The summed E-state index contributed by atoms with van der Waals surface area (Å²) in [6.45, 7) is 1.05. The minimum atomic E-state index is -1.26. The second-order valence-electron chi connectivity index (χ2n) is 6.15. The quantitative estimate of drug-likeness (QED) is 0.304. The Morgan fingerprint density at radius 1 is 1.32 bits per heavy atom. The predicted molar refractivity (Wildman–Crippen MR) is 97.6 cm³/mol. The molecule has 2 atom stereocenters. The summed E-state index contributed by atoms with van der Waals surface area (Å²) in [4.78, 5) is 48.5. The van der Waals surface area contributed by atoms with Crippen molar-refractivity contribution in [2.24, 2.45) is 0 Å². The van der Waals surface area contributed by atoms with Crippen LogP contribution in [0.5, 0.6) is 0 Å². The number of hydrogen-bond acceptors (Lipinski definition) is 6. The molecule has 2 aliphatic heterocycles. The average Bonchev–Trinajstić information content (AvgIpc) is 2.64. The molecule has 0 aliphatic carbocycles. The topological polar surface area (TPSA) is 113 Å². The Hall–Kier alpha value is -1.81. The molecule has 2 amide bonds. The summed E-state index contributed by atoms with van der Waals surface area (Å²) in [6.07, 6.45) is 0.140. The Kier molecular flexibility index (Phi) is 7.70. The minimum absolute atomic E-state index is 0. The fraction of sp³-hybridized carbons (Fsp3) is 0.333. The van der Waals surface area contributed by atoms with Crippen LogP contribution in [0, 0.1) is 0 Å². The molecule has 0 aromatic heterocycles. The molecule has 144 valence electrons. The van der Waals surface area contributed by atoms with Crippen LogP contribution in [0.2, 0.25) is 0 Å². The number of amides is 2. The molecule has 2 N–H and O–H groups in total. The van der Waals surface area contributed by atoms with E-state index in [0.717, 1.165) is 10.5 Å². The van der Waals surface area contributed by atoms with Crippen LogP contribution in [0.3, 0.4) is 0 Å². The van der Waals surface area contributed by atoms with Crippen LogP contribution >= 0.6 is 11.8 Å². The summed E-state index contributed by atoms with van der Waals surface area (Å²) in [5.41, 5.74) is 1.02. The zero-order chi connectivity index (χ0) is 19.6. The molecule has 1 fully saturated rings. The Bertz CT molecular complexity index is 835. The summed E-state index contributed by atoms with van der Waals surface area (Å²) >= 11 is 1.33. The molecule has 3 rings (SSSR count). The van der Waals surface area contributed by atoms with Crippen LogP contribution in [0.4, 0.5) is 0 Å². The van der Waals surface area contributed by atoms with Gasteiger partial charge in [0.2, 0.25) is 5.91 Å². The summed E-state index contributed by atoms with van der Waals surface area (Å²) in [5, 5.41) is 11.7. The Labute approximate surface area is 189 Å². The predicted octanol–water partition coefficient (Wildman–Crippen LogP) is -2.35. The summed E-state index contributed by atoms with van der Waals surface area (Å²) in [5.74, 6) is -2.27. The van der Waals surface area contributed by atoms with Gasteiger partial charge in [-0.15, -0.1) is 11.8 Å². The number of β-lactam (4-membered cyclic amide) rings is 1. The first-order valence-corrected chi connectivity index (χ1v) is 9.30. The van der Waals surface area contributed by atoms with E-state index < -0.39 is 29.3 Å². The zero-order valence-corrected chi connectivity index (χ0v) is 18.3. The van der Waals surface area contributed by atoms with Gasteiger partial charge in [-0.3, -0.25) is 19.3 Å². The molecule has 8 nitrogen and oxygen atoms in total. The van der Waals surface area contributed by atoms with E-state index in [1.54, 1.807) is 0 Å². The monoisotopic (exact) mass is 414 g/mol. The molecule has 0 radical (unpaired) electrons. The molecule has 0 bridgehead atoms. The summed E-state index contributed by atoms with van der Waals surface area (Å²) < 4.78 is 4.88. The first kappa shape index (κ1) is 22.5. The van der Waals surface area contributed by atoms with E-state index in [0.29, 0.717) is 11.3 Å². The van der Waals surface area contributed by atoms with Gasteiger partial charge in [-0.2, -0.15) is 0 Å². The third kappa shape index (κ3) is 4.78. The molecule has 0 unspecified atom stereocenters. The number of carboxylic acids is 1. The van der Waals surface area contributed by atoms with Crippen molar-refractivity contribution in [3.63, 3.8) is 0 Å². The standard InChI is InChI=1S/C18H18N2O6S.Na.H/c1-10(21)26-8-12-9-27-17-14(16(23)20(17)15(12)18(24)25)19-13(22)7-11-5-3-2-4-6-11;;/h2-6,14,17H,7-9H2,1H3,(H,19,22)(H,24,25);;/q;+1;-1/t14-,17-;;/m1../s1. The Morgan fingerprint density at radius 3 is 2.61 bits per heavy atom. The SMILES string of the molecule is CC(=O)OCC1=C(C(=O)O)N2C(=O)[C@@H](NC(=O)Cc3ccccc3)[C@H]2SC1.[H-].[Na+]. The van der Waals surface area contributed by atoms with Gasteiger partial charge in [0.05, 0.1) is 6.42 Å². The van der Waals surface area contributed by atoms with Crippen LogP contribution in [0.25, 0.3) is 0 Å². The molecular formula is C18H19N2NaO6S. The molecule has 10 heteroatoms. The van der Waals surface area contributed by atoms with E-state index >= 15 is 0 Å². The molecule has 1 saturated heterocycles. The third-order valence-corrected chi connectivity index (χ3v) is 5.56. The first-order chi connectivity index (χ1) is 12.9. The van der Waals surface area contributed by atoms with Crippen LogP contribution in [-0.4, -0.2) is 57.5 Å². The number of rotatable bonds is 6. The number of carbonyl (C=O) groups excluding carboxylic acids is 3. The van der Waals surface area contributed by atoms with Gasteiger partial charge in [0.15, 0.2) is 0 Å². The molecule has 28 heavy (non-hydrogen) atoms. The van der Waals surface area contributed by atoms with Gasteiger partial charge in [-0.05, 0) is 5.56 Å². The van der Waals surface area contributed by atoms with Crippen molar-refractivity contribution in [2.45, 2.75) is 24.8 Å². The number of ether oxygens (including phenoxy) is 1. The van der Waals surface area contributed by atoms with E-state index in [-0.39, 0.29) is 55.6 Å². The van der Waals surface area contributed by atoms with E-state index in [2.05, 4.69) is 5.32 Å². The first-order valence-electron chi connectivity index (χ1n) is 8.25. The van der Waals surface area contributed by atoms with Crippen molar-refractivity contribution in [1.29, 1.82) is 0 Å². The molecule has 1 aromatic carbocycles. The summed E-state index contributed by atoms with van der Waals surface area (Å²) in [6, 6.07) is 8.36. The number of benzene rings is 1. The number of thioether (sulfide) groups is 1. The van der Waals surface area contributed by atoms with Crippen molar-refractivity contribution in [3.05, 3.63) is 47.2 Å².